The molecule has 0 amide bonds. The minimum atomic E-state index is -0.612. The normalized spacial score (nSPS) is 22.0. The van der Waals surface area contributed by atoms with Crippen molar-refractivity contribution >= 4 is 23.9 Å². The first-order valence-corrected chi connectivity index (χ1v) is 14.7. The van der Waals surface area contributed by atoms with Crippen LogP contribution < -0.4 is 0 Å². The number of esters is 4. The molecule has 0 aliphatic carbocycles. The van der Waals surface area contributed by atoms with Gasteiger partial charge in [0, 0.05) is 84.5 Å². The van der Waals surface area contributed by atoms with Crippen LogP contribution in [0.3, 0.4) is 0 Å². The highest BCUT2D eigenvalue weighted by atomic mass is 16.6. The second-order valence-corrected chi connectivity index (χ2v) is 13.4. The lowest BCUT2D eigenvalue weighted by Gasteiger charge is -2.54. The van der Waals surface area contributed by atoms with Crippen LogP contribution in [-0.2, 0) is 38.1 Å². The van der Waals surface area contributed by atoms with Gasteiger partial charge in [-0.3, -0.25) is 0 Å². The molecule has 42 heavy (non-hydrogen) atoms. The van der Waals surface area contributed by atoms with Crippen LogP contribution in [0.25, 0.3) is 0 Å². The number of hydrogen-bond donors (Lipinski definition) is 0. The molecule has 2 aliphatic heterocycles. The SMILES string of the molecule is CCOC(=O)C=CN1C(C)(C)CC(OC(=O)/C=C/C(=O)OC2CC(C)(C)N(C=CC(=O)OCC)C(C)(C)C2)CC1(C)C. The summed E-state index contributed by atoms with van der Waals surface area (Å²) in [6, 6.07) is 0. The maximum atomic E-state index is 12.7. The molecule has 2 rings (SSSR count). The molecule has 0 saturated carbocycles. The van der Waals surface area contributed by atoms with Crippen molar-refractivity contribution in [3.8, 4) is 0 Å². The molecule has 10 nitrogen and oxygen atoms in total. The van der Waals surface area contributed by atoms with Crippen molar-refractivity contribution < 1.29 is 38.1 Å². The summed E-state index contributed by atoms with van der Waals surface area (Å²) in [5, 5.41) is 0. The largest absolute Gasteiger partial charge is 0.463 e. The van der Waals surface area contributed by atoms with Crippen molar-refractivity contribution in [2.75, 3.05) is 13.2 Å². The van der Waals surface area contributed by atoms with Gasteiger partial charge in [0.15, 0.2) is 0 Å². The van der Waals surface area contributed by atoms with E-state index in [1.165, 1.54) is 12.2 Å². The lowest BCUT2D eigenvalue weighted by atomic mass is 9.78. The Bertz CT molecular complexity index is 966. The number of hydrogen-bond acceptors (Lipinski definition) is 10. The van der Waals surface area contributed by atoms with Gasteiger partial charge in [-0.2, -0.15) is 0 Å². The van der Waals surface area contributed by atoms with Gasteiger partial charge in [-0.1, -0.05) is 0 Å². The molecule has 0 unspecified atom stereocenters. The summed E-state index contributed by atoms with van der Waals surface area (Å²) >= 11 is 0. The molecule has 10 heteroatoms. The fourth-order valence-corrected chi connectivity index (χ4v) is 6.57. The summed E-state index contributed by atoms with van der Waals surface area (Å²) < 4.78 is 21.5. The average molecular weight is 591 g/mol. The van der Waals surface area contributed by atoms with Gasteiger partial charge in [0.1, 0.15) is 12.2 Å². The molecule has 2 fully saturated rings. The van der Waals surface area contributed by atoms with E-state index in [-0.39, 0.29) is 12.2 Å². The third-order valence-corrected chi connectivity index (χ3v) is 7.73. The highest BCUT2D eigenvalue weighted by molar-refractivity contribution is 5.91. The number of nitrogens with zero attached hydrogens (tertiary/aromatic N) is 2. The van der Waals surface area contributed by atoms with Crippen molar-refractivity contribution in [2.24, 2.45) is 0 Å². The summed E-state index contributed by atoms with van der Waals surface area (Å²) in [4.78, 5) is 53.2. The number of carbonyl (C=O) groups is 4. The number of piperidine rings is 2. The summed E-state index contributed by atoms with van der Waals surface area (Å²) in [5.41, 5.74) is -1.62. The molecule has 0 atom stereocenters. The summed E-state index contributed by atoms with van der Waals surface area (Å²) in [5.74, 6) is -2.03. The van der Waals surface area contributed by atoms with Crippen LogP contribution in [-0.4, -0.2) is 81.3 Å². The van der Waals surface area contributed by atoms with E-state index in [0.717, 1.165) is 12.2 Å². The fraction of sp³-hybridized carbons (Fsp3) is 0.688. The van der Waals surface area contributed by atoms with Gasteiger partial charge in [0.05, 0.1) is 13.2 Å². The van der Waals surface area contributed by atoms with Gasteiger partial charge < -0.3 is 28.7 Å². The maximum Gasteiger partial charge on any atom is 0.332 e. The average Bonchev–Trinajstić information content (AvgIpc) is 2.80. The van der Waals surface area contributed by atoms with Gasteiger partial charge in [-0.15, -0.1) is 0 Å². The summed E-state index contributed by atoms with van der Waals surface area (Å²) in [6.07, 6.45) is 9.98. The standard InChI is InChI=1S/C32H50N2O8/c1-11-39-25(35)15-17-33-29(3,4)19-23(20-30(33,5)6)41-27(37)13-14-28(38)42-24-21-31(7,8)34(32(9,10)22-24)18-16-26(36)40-12-2/h13-18,23-24H,11-12,19-22H2,1-10H3/b14-13+,17-15?,18-16?. The molecule has 0 aromatic rings. The Balaban J connectivity index is 1.98. The molecule has 0 spiro atoms. The Morgan fingerprint density at radius 1 is 0.548 bits per heavy atom. The molecule has 2 aliphatic rings. The second kappa shape index (κ2) is 13.8. The van der Waals surface area contributed by atoms with Crippen LogP contribution in [0, 0.1) is 0 Å². The highest BCUT2D eigenvalue weighted by Crippen LogP contribution is 2.41. The Morgan fingerprint density at radius 3 is 1.10 bits per heavy atom. The van der Waals surface area contributed by atoms with Crippen LogP contribution in [0.2, 0.25) is 0 Å². The lowest BCUT2D eigenvalue weighted by Crippen LogP contribution is -2.60. The number of ether oxygens (including phenoxy) is 4. The van der Waals surface area contributed by atoms with E-state index in [1.54, 1.807) is 26.2 Å². The van der Waals surface area contributed by atoms with Crippen molar-refractivity contribution in [1.29, 1.82) is 0 Å². The molecular formula is C32H50N2O8. The third-order valence-electron chi connectivity index (χ3n) is 7.73. The number of carbonyl (C=O) groups excluding carboxylic acids is 4. The maximum absolute atomic E-state index is 12.7. The Kier molecular flexibility index (Phi) is 11.5. The van der Waals surface area contributed by atoms with Crippen LogP contribution in [0.4, 0.5) is 0 Å². The zero-order valence-electron chi connectivity index (χ0n) is 27.0. The Morgan fingerprint density at radius 2 is 0.833 bits per heavy atom. The van der Waals surface area contributed by atoms with Crippen LogP contribution in [0.5, 0.6) is 0 Å². The van der Waals surface area contributed by atoms with E-state index in [1.807, 2.05) is 55.4 Å². The molecule has 0 radical (unpaired) electrons. The molecule has 2 saturated heterocycles. The van der Waals surface area contributed by atoms with E-state index >= 15 is 0 Å². The molecule has 236 valence electrons. The van der Waals surface area contributed by atoms with Crippen molar-refractivity contribution in [3.63, 3.8) is 0 Å². The van der Waals surface area contributed by atoms with Gasteiger partial charge in [0.25, 0.3) is 0 Å². The molecule has 0 N–H and O–H groups in total. The van der Waals surface area contributed by atoms with E-state index in [4.69, 9.17) is 18.9 Å². The van der Waals surface area contributed by atoms with Crippen molar-refractivity contribution in [1.82, 2.24) is 9.80 Å². The van der Waals surface area contributed by atoms with E-state index in [2.05, 4.69) is 9.80 Å². The Labute approximate surface area is 251 Å². The van der Waals surface area contributed by atoms with Crippen LogP contribution in [0.1, 0.15) is 94.9 Å². The van der Waals surface area contributed by atoms with Gasteiger partial charge in [0.2, 0.25) is 0 Å². The van der Waals surface area contributed by atoms with Crippen molar-refractivity contribution in [2.45, 2.75) is 129 Å². The minimum absolute atomic E-state index is 0.306. The number of likely N-dealkylation sites (tertiary alicyclic amines) is 2. The quantitative estimate of drug-likeness (QED) is 0.199. The summed E-state index contributed by atoms with van der Waals surface area (Å²) in [6.45, 7) is 20.3. The molecule has 0 aromatic carbocycles. The zero-order chi connectivity index (χ0) is 31.9. The van der Waals surface area contributed by atoms with Gasteiger partial charge >= 0.3 is 23.9 Å². The first-order valence-electron chi connectivity index (χ1n) is 14.7. The molecule has 0 aromatic heterocycles. The summed E-state index contributed by atoms with van der Waals surface area (Å²) in [7, 11) is 0. The van der Waals surface area contributed by atoms with Gasteiger partial charge in [-0.05, 0) is 69.2 Å². The Hall–Kier alpha value is -3.30. The smallest absolute Gasteiger partial charge is 0.332 e. The predicted molar refractivity (Wildman–Crippen MR) is 159 cm³/mol. The van der Waals surface area contributed by atoms with E-state index < -0.39 is 46.0 Å². The number of rotatable bonds is 10. The van der Waals surface area contributed by atoms with E-state index in [0.29, 0.717) is 38.9 Å². The third kappa shape index (κ3) is 9.63. The predicted octanol–water partition coefficient (Wildman–Crippen LogP) is 4.83. The first kappa shape index (κ1) is 34.9. The van der Waals surface area contributed by atoms with Crippen LogP contribution >= 0.6 is 0 Å². The highest BCUT2D eigenvalue weighted by Gasteiger charge is 2.46. The minimum Gasteiger partial charge on any atom is -0.463 e. The monoisotopic (exact) mass is 590 g/mol. The molecular weight excluding hydrogens is 540 g/mol. The lowest BCUT2D eigenvalue weighted by molar-refractivity contribution is -0.154. The zero-order valence-corrected chi connectivity index (χ0v) is 27.0. The molecule has 0 bridgehead atoms. The van der Waals surface area contributed by atoms with Gasteiger partial charge in [-0.25, -0.2) is 19.2 Å². The van der Waals surface area contributed by atoms with E-state index in [9.17, 15) is 19.2 Å². The topological polar surface area (TPSA) is 112 Å². The van der Waals surface area contributed by atoms with Crippen LogP contribution in [0.15, 0.2) is 36.7 Å². The first-order chi connectivity index (χ1) is 19.3. The van der Waals surface area contributed by atoms with Crippen molar-refractivity contribution in [3.05, 3.63) is 36.7 Å². The second-order valence-electron chi connectivity index (χ2n) is 13.4. The fourth-order valence-electron chi connectivity index (χ4n) is 6.57. The molecule has 2 heterocycles.